The van der Waals surface area contributed by atoms with Gasteiger partial charge in [-0.3, -0.25) is 0 Å². The van der Waals surface area contributed by atoms with Crippen molar-refractivity contribution in [2.24, 2.45) is 0 Å². The molecule has 14 heavy (non-hydrogen) atoms. The molecule has 7 heteroatoms. The van der Waals surface area contributed by atoms with Crippen LogP contribution in [-0.2, 0) is 6.18 Å². The molecule has 0 aliphatic carbocycles. The lowest BCUT2D eigenvalue weighted by atomic mass is 10.2. The Hall–Kier alpha value is -0.800. The minimum absolute atomic E-state index is 0. The molecule has 0 aromatic heterocycles. The third-order valence-electron chi connectivity index (χ3n) is 1.37. The highest BCUT2D eigenvalue weighted by atomic mass is 79.9. The number of halogens is 5. The first-order valence-corrected chi connectivity index (χ1v) is 3.96. The van der Waals surface area contributed by atoms with E-state index < -0.39 is 11.7 Å². The molecule has 2 nitrogen and oxygen atoms in total. The molecule has 0 atom stereocenters. The van der Waals surface area contributed by atoms with Gasteiger partial charge in [-0.25, -0.2) is 0 Å². The van der Waals surface area contributed by atoms with Gasteiger partial charge in [0.1, 0.15) is 0 Å². The second-order valence-corrected chi connectivity index (χ2v) is 3.12. The van der Waals surface area contributed by atoms with Crippen molar-refractivity contribution in [2.45, 2.75) is 6.18 Å². The van der Waals surface area contributed by atoms with Gasteiger partial charge in [0.05, 0.1) is 5.56 Å². The molecule has 0 N–H and O–H groups in total. The third kappa shape index (κ3) is 2.86. The predicted octanol–water partition coefficient (Wildman–Crippen LogP) is 0.956. The van der Waals surface area contributed by atoms with E-state index in [1.54, 1.807) is 0 Å². The molecule has 0 amide bonds. The molecule has 0 saturated carbocycles. The van der Waals surface area contributed by atoms with Crippen molar-refractivity contribution >= 4 is 21.6 Å². The van der Waals surface area contributed by atoms with E-state index in [1.165, 1.54) is 12.1 Å². The van der Waals surface area contributed by atoms with Gasteiger partial charge in [-0.2, -0.15) is 13.2 Å². The maximum Gasteiger partial charge on any atom is 0.417 e. The molecule has 0 heterocycles. The second kappa shape index (κ2) is 4.62. The third-order valence-corrected chi connectivity index (χ3v) is 2.06. The van der Waals surface area contributed by atoms with Gasteiger partial charge in [0, 0.05) is 16.6 Å². The van der Waals surface area contributed by atoms with Gasteiger partial charge in [0.25, 0.3) is 0 Å². The fraction of sp³-hybridized carbons (Fsp3) is 0.143. The minimum atomic E-state index is -4.44. The number of benzene rings is 1. The Kier molecular flexibility index (Phi) is 4.36. The minimum Gasteiger partial charge on any atom is -1.00 e. The lowest BCUT2D eigenvalue weighted by molar-refractivity contribution is -0.138. The Morgan fingerprint density at radius 1 is 1.29 bits per heavy atom. The van der Waals surface area contributed by atoms with Crippen molar-refractivity contribution in [3.05, 3.63) is 33.2 Å². The second-order valence-electron chi connectivity index (χ2n) is 2.26. The van der Waals surface area contributed by atoms with E-state index in [9.17, 15) is 13.2 Å². The summed E-state index contributed by atoms with van der Waals surface area (Å²) in [7, 11) is 0. The molecule has 76 valence electrons. The van der Waals surface area contributed by atoms with Crippen LogP contribution in [0.25, 0.3) is 4.98 Å². The standard InChI is InChI=1S/C7H3BrF3N2.ClH/c8-6-2-1-4(13-12)3-5(6)7(9,10)11;/h1-3H;1H/q+1;/p-1. The Labute approximate surface area is 92.3 Å². The zero-order chi connectivity index (χ0) is 10.1. The largest absolute Gasteiger partial charge is 1.00 e. The summed E-state index contributed by atoms with van der Waals surface area (Å²) < 4.78 is 36.6. The van der Waals surface area contributed by atoms with E-state index in [0.29, 0.717) is 0 Å². The van der Waals surface area contributed by atoms with Crippen LogP contribution in [0.4, 0.5) is 18.9 Å². The van der Waals surface area contributed by atoms with Crippen molar-refractivity contribution in [1.29, 1.82) is 5.39 Å². The molecular weight excluding hydrogens is 284 g/mol. The highest BCUT2D eigenvalue weighted by Crippen LogP contribution is 2.36. The fourth-order valence-electron chi connectivity index (χ4n) is 0.793. The first-order valence-electron chi connectivity index (χ1n) is 3.17. The molecule has 1 rings (SSSR count). The molecule has 0 aliphatic rings. The fourth-order valence-corrected chi connectivity index (χ4v) is 1.26. The summed E-state index contributed by atoms with van der Waals surface area (Å²) in [4.78, 5) is 2.66. The first-order chi connectivity index (χ1) is 5.95. The van der Waals surface area contributed by atoms with Crippen LogP contribution in [0.15, 0.2) is 22.7 Å². The molecule has 0 saturated heterocycles. The van der Waals surface area contributed by atoms with Crippen molar-refractivity contribution in [3.8, 4) is 0 Å². The van der Waals surface area contributed by atoms with E-state index in [0.717, 1.165) is 6.07 Å². The number of nitrogens with zero attached hydrogens (tertiary/aromatic N) is 2. The van der Waals surface area contributed by atoms with E-state index >= 15 is 0 Å². The van der Waals surface area contributed by atoms with E-state index in [2.05, 4.69) is 20.9 Å². The van der Waals surface area contributed by atoms with Crippen molar-refractivity contribution < 1.29 is 25.6 Å². The molecule has 1 aromatic rings. The summed E-state index contributed by atoms with van der Waals surface area (Å²) in [6, 6.07) is 3.20. The van der Waals surface area contributed by atoms with Crippen molar-refractivity contribution in [2.75, 3.05) is 0 Å². The Bertz CT molecular complexity index is 372. The van der Waals surface area contributed by atoms with Gasteiger partial charge >= 0.3 is 11.9 Å². The summed E-state index contributed by atoms with van der Waals surface area (Å²) in [6.45, 7) is 0. The number of rotatable bonds is 0. The van der Waals surface area contributed by atoms with Crippen LogP contribution in [0.5, 0.6) is 0 Å². The molecular formula is C7H3BrClF3N2. The Morgan fingerprint density at radius 2 is 1.86 bits per heavy atom. The summed E-state index contributed by atoms with van der Waals surface area (Å²) in [6.07, 6.45) is -4.44. The summed E-state index contributed by atoms with van der Waals surface area (Å²) in [5.41, 5.74) is -0.988. The van der Waals surface area contributed by atoms with Gasteiger partial charge in [0.2, 0.25) is 5.39 Å². The normalized spacial score (nSPS) is 10.2. The van der Waals surface area contributed by atoms with Gasteiger partial charge in [-0.1, -0.05) is 15.9 Å². The van der Waals surface area contributed by atoms with Crippen LogP contribution in [0.3, 0.4) is 0 Å². The zero-order valence-corrected chi connectivity index (χ0v) is 8.86. The van der Waals surface area contributed by atoms with Gasteiger partial charge < -0.3 is 12.4 Å². The monoisotopic (exact) mass is 286 g/mol. The SMILES string of the molecule is N#[N+]c1ccc(Br)c(C(F)(F)F)c1.[Cl-]. The van der Waals surface area contributed by atoms with Crippen LogP contribution < -0.4 is 12.4 Å². The first kappa shape index (κ1) is 13.2. The summed E-state index contributed by atoms with van der Waals surface area (Å²) in [5, 5.41) is 8.26. The van der Waals surface area contributed by atoms with E-state index in [4.69, 9.17) is 5.39 Å². The van der Waals surface area contributed by atoms with Gasteiger partial charge in [-0.05, 0) is 6.07 Å². The van der Waals surface area contributed by atoms with Crippen LogP contribution in [0, 0.1) is 5.39 Å². The van der Waals surface area contributed by atoms with Crippen LogP contribution in [-0.4, -0.2) is 0 Å². The number of alkyl halides is 3. The number of diazo groups is 1. The van der Waals surface area contributed by atoms with Gasteiger partial charge in [0.15, 0.2) is 4.98 Å². The number of hydrogen-bond donors (Lipinski definition) is 0. The quantitative estimate of drug-likeness (QED) is 0.653. The predicted molar refractivity (Wildman–Crippen MR) is 43.9 cm³/mol. The van der Waals surface area contributed by atoms with E-state index in [1.807, 2.05) is 0 Å². The summed E-state index contributed by atoms with van der Waals surface area (Å²) in [5.74, 6) is 0. The van der Waals surface area contributed by atoms with Crippen LogP contribution >= 0.6 is 15.9 Å². The van der Waals surface area contributed by atoms with Gasteiger partial charge in [-0.15, -0.1) is 0 Å². The maximum absolute atomic E-state index is 12.2. The lowest BCUT2D eigenvalue weighted by Gasteiger charge is -2.06. The molecule has 0 spiro atoms. The lowest BCUT2D eigenvalue weighted by Crippen LogP contribution is -3.00. The smallest absolute Gasteiger partial charge is 0.417 e. The Balaban J connectivity index is 0.00000169. The van der Waals surface area contributed by atoms with E-state index in [-0.39, 0.29) is 22.6 Å². The Morgan fingerprint density at radius 3 is 2.29 bits per heavy atom. The van der Waals surface area contributed by atoms with Crippen molar-refractivity contribution in [3.63, 3.8) is 0 Å². The van der Waals surface area contributed by atoms with Crippen molar-refractivity contribution in [1.82, 2.24) is 0 Å². The summed E-state index contributed by atoms with van der Waals surface area (Å²) >= 11 is 2.75. The van der Waals surface area contributed by atoms with Crippen LogP contribution in [0.2, 0.25) is 0 Å². The molecule has 0 bridgehead atoms. The highest BCUT2D eigenvalue weighted by Gasteiger charge is 2.34. The zero-order valence-electron chi connectivity index (χ0n) is 6.52. The molecule has 0 aliphatic heterocycles. The molecule has 0 unspecified atom stereocenters. The average molecular weight is 287 g/mol. The highest BCUT2D eigenvalue weighted by molar-refractivity contribution is 9.10. The topological polar surface area (TPSA) is 28.1 Å². The van der Waals surface area contributed by atoms with Crippen LogP contribution in [0.1, 0.15) is 5.56 Å². The molecule has 0 fully saturated rings. The number of hydrogen-bond acceptors (Lipinski definition) is 1. The maximum atomic E-state index is 12.2. The molecule has 1 aromatic carbocycles. The average Bonchev–Trinajstić information content (AvgIpc) is 2.03. The molecule has 0 radical (unpaired) electrons.